The number of hydrogen-bond acceptors (Lipinski definition) is 1. The first kappa shape index (κ1) is 11.4. The van der Waals surface area contributed by atoms with E-state index in [0.29, 0.717) is 5.56 Å². The van der Waals surface area contributed by atoms with Crippen molar-refractivity contribution < 1.29 is 9.13 Å². The van der Waals surface area contributed by atoms with Gasteiger partial charge < -0.3 is 4.74 Å². The molecule has 0 aliphatic rings. The van der Waals surface area contributed by atoms with Crippen LogP contribution < -0.4 is 4.74 Å². The van der Waals surface area contributed by atoms with Gasteiger partial charge in [0.05, 0.1) is 7.11 Å². The molecule has 0 saturated heterocycles. The number of ether oxygens (including phenoxy) is 1. The van der Waals surface area contributed by atoms with Gasteiger partial charge in [-0.3, -0.25) is 0 Å². The Morgan fingerprint density at radius 3 is 2.59 bits per heavy atom. The van der Waals surface area contributed by atoms with E-state index in [1.807, 2.05) is 36.4 Å². The lowest BCUT2D eigenvalue weighted by Gasteiger charge is -2.00. The normalized spacial score (nSPS) is 10.7. The molecule has 0 N–H and O–H groups in total. The highest BCUT2D eigenvalue weighted by molar-refractivity contribution is 5.70. The largest absolute Gasteiger partial charge is 0.497 e. The number of methoxy groups -OCH3 is 1. The molecule has 2 heteroatoms. The zero-order valence-corrected chi connectivity index (χ0v) is 9.56. The fourth-order valence-corrected chi connectivity index (χ4v) is 1.54. The van der Waals surface area contributed by atoms with Crippen LogP contribution in [0.2, 0.25) is 0 Å². The van der Waals surface area contributed by atoms with Crippen LogP contribution in [-0.2, 0) is 0 Å². The Morgan fingerprint density at radius 2 is 1.82 bits per heavy atom. The molecule has 2 aromatic carbocycles. The molecule has 0 heterocycles. The highest BCUT2D eigenvalue weighted by Gasteiger charge is 1.96. The molecule has 1 nitrogen and oxygen atoms in total. The van der Waals surface area contributed by atoms with Gasteiger partial charge in [-0.2, -0.15) is 0 Å². The van der Waals surface area contributed by atoms with Gasteiger partial charge in [0, 0.05) is 5.56 Å². The molecular formula is C15H13FO. The van der Waals surface area contributed by atoms with Crippen molar-refractivity contribution in [1.82, 2.24) is 0 Å². The van der Waals surface area contributed by atoms with Crippen LogP contribution in [0.4, 0.5) is 4.39 Å². The van der Waals surface area contributed by atoms with Crippen molar-refractivity contribution in [3.8, 4) is 5.75 Å². The zero-order chi connectivity index (χ0) is 12.1. The Bertz CT molecular complexity index is 532. The van der Waals surface area contributed by atoms with Gasteiger partial charge in [0.15, 0.2) is 0 Å². The van der Waals surface area contributed by atoms with E-state index in [1.54, 1.807) is 25.3 Å². The van der Waals surface area contributed by atoms with Crippen LogP contribution >= 0.6 is 0 Å². The van der Waals surface area contributed by atoms with Crippen LogP contribution in [0.15, 0.2) is 48.5 Å². The molecule has 0 atom stereocenters. The van der Waals surface area contributed by atoms with Crippen molar-refractivity contribution in [2.45, 2.75) is 0 Å². The van der Waals surface area contributed by atoms with Crippen molar-refractivity contribution >= 4 is 12.2 Å². The molecule has 0 aromatic heterocycles. The monoisotopic (exact) mass is 228 g/mol. The molecule has 0 amide bonds. The van der Waals surface area contributed by atoms with Crippen molar-refractivity contribution in [2.24, 2.45) is 0 Å². The van der Waals surface area contributed by atoms with Gasteiger partial charge in [-0.1, -0.05) is 42.5 Å². The van der Waals surface area contributed by atoms with Gasteiger partial charge >= 0.3 is 0 Å². The minimum absolute atomic E-state index is 0.216. The maximum Gasteiger partial charge on any atom is 0.130 e. The van der Waals surface area contributed by atoms with Gasteiger partial charge in [-0.25, -0.2) is 4.39 Å². The summed E-state index contributed by atoms with van der Waals surface area (Å²) in [6, 6.07) is 14.3. The fraction of sp³-hybridized carbons (Fsp3) is 0.0667. The molecule has 0 fully saturated rings. The summed E-state index contributed by atoms with van der Waals surface area (Å²) in [6.07, 6.45) is 3.62. The predicted octanol–water partition coefficient (Wildman–Crippen LogP) is 4.00. The van der Waals surface area contributed by atoms with Crippen LogP contribution in [-0.4, -0.2) is 7.11 Å². The van der Waals surface area contributed by atoms with E-state index in [1.165, 1.54) is 6.07 Å². The molecule has 0 bridgehead atoms. The smallest absolute Gasteiger partial charge is 0.130 e. The molecule has 0 spiro atoms. The van der Waals surface area contributed by atoms with Gasteiger partial charge in [-0.05, 0) is 23.8 Å². The van der Waals surface area contributed by atoms with E-state index in [-0.39, 0.29) is 5.82 Å². The molecule has 17 heavy (non-hydrogen) atoms. The van der Waals surface area contributed by atoms with E-state index in [0.717, 1.165) is 11.3 Å². The average Bonchev–Trinajstić information content (AvgIpc) is 2.38. The molecule has 0 saturated carbocycles. The van der Waals surface area contributed by atoms with Crippen molar-refractivity contribution in [3.63, 3.8) is 0 Å². The van der Waals surface area contributed by atoms with Crippen LogP contribution in [0.1, 0.15) is 11.1 Å². The Labute approximate surface area is 100 Å². The first-order chi connectivity index (χ1) is 8.29. The van der Waals surface area contributed by atoms with E-state index in [2.05, 4.69) is 0 Å². The molecule has 0 aliphatic carbocycles. The van der Waals surface area contributed by atoms with Crippen molar-refractivity contribution in [2.75, 3.05) is 7.11 Å². The lowest BCUT2D eigenvalue weighted by molar-refractivity contribution is 0.414. The highest BCUT2D eigenvalue weighted by Crippen LogP contribution is 2.16. The first-order valence-corrected chi connectivity index (χ1v) is 5.36. The third-order valence-corrected chi connectivity index (χ3v) is 2.45. The fourth-order valence-electron chi connectivity index (χ4n) is 1.54. The third-order valence-electron chi connectivity index (χ3n) is 2.45. The third kappa shape index (κ3) is 2.94. The summed E-state index contributed by atoms with van der Waals surface area (Å²) < 4.78 is 18.5. The summed E-state index contributed by atoms with van der Waals surface area (Å²) >= 11 is 0. The summed E-state index contributed by atoms with van der Waals surface area (Å²) in [4.78, 5) is 0. The topological polar surface area (TPSA) is 9.23 Å². The number of rotatable bonds is 3. The maximum absolute atomic E-state index is 13.4. The molecule has 0 radical (unpaired) electrons. The number of halogens is 1. The van der Waals surface area contributed by atoms with E-state index >= 15 is 0 Å². The van der Waals surface area contributed by atoms with Gasteiger partial charge in [-0.15, -0.1) is 0 Å². The average molecular weight is 228 g/mol. The first-order valence-electron chi connectivity index (χ1n) is 5.36. The quantitative estimate of drug-likeness (QED) is 0.721. The van der Waals surface area contributed by atoms with Crippen LogP contribution in [0.25, 0.3) is 12.2 Å². The molecular weight excluding hydrogens is 215 g/mol. The standard InChI is InChI=1S/C15H13FO/c1-17-14-7-4-5-12(11-14)9-10-13-6-2-3-8-15(13)16/h2-11H,1H3/b10-9+. The van der Waals surface area contributed by atoms with Crippen LogP contribution in [0.3, 0.4) is 0 Å². The summed E-state index contributed by atoms with van der Waals surface area (Å²) in [5.74, 6) is 0.576. The minimum Gasteiger partial charge on any atom is -0.497 e. The van der Waals surface area contributed by atoms with Crippen LogP contribution in [0, 0.1) is 5.82 Å². The van der Waals surface area contributed by atoms with E-state index in [4.69, 9.17) is 4.74 Å². The molecule has 86 valence electrons. The SMILES string of the molecule is COc1cccc(/C=C/c2ccccc2F)c1. The molecule has 0 aliphatic heterocycles. The van der Waals surface area contributed by atoms with Crippen LogP contribution in [0.5, 0.6) is 5.75 Å². The Hall–Kier alpha value is -2.09. The van der Waals surface area contributed by atoms with E-state index < -0.39 is 0 Å². The lowest BCUT2D eigenvalue weighted by atomic mass is 10.1. The minimum atomic E-state index is -0.216. The number of hydrogen-bond donors (Lipinski definition) is 0. The molecule has 2 aromatic rings. The number of benzene rings is 2. The van der Waals surface area contributed by atoms with Gasteiger partial charge in [0.1, 0.15) is 11.6 Å². The summed E-state index contributed by atoms with van der Waals surface area (Å²) in [5.41, 5.74) is 1.56. The Balaban J connectivity index is 2.23. The summed E-state index contributed by atoms with van der Waals surface area (Å²) in [6.45, 7) is 0. The predicted molar refractivity (Wildman–Crippen MR) is 68.3 cm³/mol. The molecule has 2 rings (SSSR count). The second kappa shape index (κ2) is 5.30. The Morgan fingerprint density at radius 1 is 1.00 bits per heavy atom. The lowest BCUT2D eigenvalue weighted by Crippen LogP contribution is -1.83. The summed E-state index contributed by atoms with van der Waals surface area (Å²) in [7, 11) is 1.62. The van der Waals surface area contributed by atoms with Crippen molar-refractivity contribution in [1.29, 1.82) is 0 Å². The summed E-state index contributed by atoms with van der Waals surface area (Å²) in [5, 5.41) is 0. The highest BCUT2D eigenvalue weighted by atomic mass is 19.1. The molecule has 0 unspecified atom stereocenters. The second-order valence-electron chi connectivity index (χ2n) is 3.63. The van der Waals surface area contributed by atoms with E-state index in [9.17, 15) is 4.39 Å². The zero-order valence-electron chi connectivity index (χ0n) is 9.56. The Kier molecular flexibility index (Phi) is 3.55. The van der Waals surface area contributed by atoms with Gasteiger partial charge in [0.2, 0.25) is 0 Å². The maximum atomic E-state index is 13.4. The van der Waals surface area contributed by atoms with Crippen molar-refractivity contribution in [3.05, 3.63) is 65.5 Å². The van der Waals surface area contributed by atoms with Gasteiger partial charge in [0.25, 0.3) is 0 Å². The second-order valence-corrected chi connectivity index (χ2v) is 3.63.